The van der Waals surface area contributed by atoms with E-state index < -0.39 is 0 Å². The molecule has 0 radical (unpaired) electrons. The molecule has 3 nitrogen and oxygen atoms in total. The van der Waals surface area contributed by atoms with Gasteiger partial charge in [0.25, 0.3) is 0 Å². The molecule has 1 aliphatic carbocycles. The fourth-order valence-electron chi connectivity index (χ4n) is 4.34. The van der Waals surface area contributed by atoms with Crippen LogP contribution in [0.4, 0.5) is 4.39 Å². The van der Waals surface area contributed by atoms with E-state index in [1.165, 1.54) is 11.3 Å². The molecule has 2 atom stereocenters. The summed E-state index contributed by atoms with van der Waals surface area (Å²) in [5, 5.41) is 5.15. The summed E-state index contributed by atoms with van der Waals surface area (Å²) in [6.45, 7) is 1.79. The number of halogens is 2. The van der Waals surface area contributed by atoms with Gasteiger partial charge in [-0.2, -0.15) is 0 Å². The molecule has 122 valence electrons. The Balaban J connectivity index is 1.70. The Bertz CT molecular complexity index is 932. The zero-order chi connectivity index (χ0) is 16.3. The van der Waals surface area contributed by atoms with Crippen LogP contribution in [0.3, 0.4) is 0 Å². The smallest absolute Gasteiger partial charge is 0.129 e. The van der Waals surface area contributed by atoms with Crippen molar-refractivity contribution < 1.29 is 4.39 Å². The van der Waals surface area contributed by atoms with E-state index in [0.717, 1.165) is 42.4 Å². The normalized spacial score (nSPS) is 22.1. The van der Waals surface area contributed by atoms with E-state index in [0.29, 0.717) is 17.1 Å². The van der Waals surface area contributed by atoms with Crippen LogP contribution < -0.4 is 5.32 Å². The van der Waals surface area contributed by atoms with Crippen LogP contribution in [0.15, 0.2) is 36.5 Å². The van der Waals surface area contributed by atoms with Crippen LogP contribution in [0, 0.1) is 11.7 Å². The van der Waals surface area contributed by atoms with E-state index in [9.17, 15) is 4.39 Å². The van der Waals surface area contributed by atoms with Gasteiger partial charge < -0.3 is 9.88 Å². The van der Waals surface area contributed by atoms with Crippen molar-refractivity contribution >= 4 is 22.5 Å². The molecule has 5 heteroatoms. The van der Waals surface area contributed by atoms with Gasteiger partial charge in [0, 0.05) is 35.4 Å². The average molecular weight is 342 g/mol. The SMILES string of the molecule is Fc1ccc2c(c1)c1c(n2Cc2ccc(Cl)nc2)CC2CNC1C2. The van der Waals surface area contributed by atoms with Crippen molar-refractivity contribution in [3.63, 3.8) is 0 Å². The number of pyridine rings is 1. The van der Waals surface area contributed by atoms with Crippen molar-refractivity contribution in [2.75, 3.05) is 6.54 Å². The molecule has 1 N–H and O–H groups in total. The van der Waals surface area contributed by atoms with Crippen LogP contribution in [0.1, 0.15) is 29.3 Å². The van der Waals surface area contributed by atoms with Crippen LogP contribution in [0.5, 0.6) is 0 Å². The van der Waals surface area contributed by atoms with E-state index in [-0.39, 0.29) is 5.82 Å². The molecule has 1 aromatic carbocycles. The molecule has 1 saturated heterocycles. The van der Waals surface area contributed by atoms with E-state index in [1.54, 1.807) is 12.1 Å². The van der Waals surface area contributed by atoms with Gasteiger partial charge in [0.15, 0.2) is 0 Å². The summed E-state index contributed by atoms with van der Waals surface area (Å²) in [5.41, 5.74) is 4.84. The van der Waals surface area contributed by atoms with Crippen molar-refractivity contribution in [3.05, 3.63) is 64.3 Å². The predicted octanol–water partition coefficient (Wildman–Crippen LogP) is 4.08. The van der Waals surface area contributed by atoms with Gasteiger partial charge in [-0.05, 0) is 60.7 Å². The minimum absolute atomic E-state index is 0.171. The first-order chi connectivity index (χ1) is 11.7. The molecule has 0 spiro atoms. The summed E-state index contributed by atoms with van der Waals surface area (Å²) in [7, 11) is 0. The average Bonchev–Trinajstić information content (AvgIpc) is 3.09. The molecular formula is C19H17ClFN3. The first-order valence-corrected chi connectivity index (χ1v) is 8.71. The third-order valence-electron chi connectivity index (χ3n) is 5.36. The molecule has 2 aliphatic rings. The topological polar surface area (TPSA) is 29.9 Å². The van der Waals surface area contributed by atoms with Gasteiger partial charge in [-0.3, -0.25) is 0 Å². The van der Waals surface area contributed by atoms with Gasteiger partial charge in [-0.1, -0.05) is 17.7 Å². The molecule has 3 aromatic rings. The highest BCUT2D eigenvalue weighted by Gasteiger charge is 2.36. The number of aromatic nitrogens is 2. The Morgan fingerprint density at radius 2 is 2.21 bits per heavy atom. The molecule has 24 heavy (non-hydrogen) atoms. The van der Waals surface area contributed by atoms with Crippen molar-refractivity contribution in [1.82, 2.24) is 14.9 Å². The lowest BCUT2D eigenvalue weighted by molar-refractivity contribution is 0.506. The van der Waals surface area contributed by atoms with E-state index in [4.69, 9.17) is 11.6 Å². The van der Waals surface area contributed by atoms with E-state index in [1.807, 2.05) is 24.4 Å². The van der Waals surface area contributed by atoms with Crippen molar-refractivity contribution in [2.24, 2.45) is 5.92 Å². The van der Waals surface area contributed by atoms with Gasteiger partial charge in [-0.25, -0.2) is 9.37 Å². The Labute approximate surface area is 144 Å². The lowest BCUT2D eigenvalue weighted by Crippen LogP contribution is -2.16. The highest BCUT2D eigenvalue weighted by Crippen LogP contribution is 2.43. The van der Waals surface area contributed by atoms with Gasteiger partial charge >= 0.3 is 0 Å². The summed E-state index contributed by atoms with van der Waals surface area (Å²) in [5.74, 6) is 0.509. The Hall–Kier alpha value is -1.91. The number of hydrogen-bond acceptors (Lipinski definition) is 2. The quantitative estimate of drug-likeness (QED) is 0.712. The standard InChI is InChI=1S/C19H17ClFN3/c20-18-4-1-11(8-23-18)10-24-16-3-2-13(21)7-14(16)19-15-5-12(9-22-15)6-17(19)24/h1-4,7-8,12,15,22H,5-6,9-10H2. The highest BCUT2D eigenvalue weighted by molar-refractivity contribution is 6.29. The maximum atomic E-state index is 13.9. The Morgan fingerprint density at radius 3 is 3.04 bits per heavy atom. The van der Waals surface area contributed by atoms with Crippen LogP contribution in [0.2, 0.25) is 5.15 Å². The first-order valence-electron chi connectivity index (χ1n) is 8.33. The zero-order valence-electron chi connectivity index (χ0n) is 13.1. The van der Waals surface area contributed by atoms with Crippen molar-refractivity contribution in [1.29, 1.82) is 0 Å². The largest absolute Gasteiger partial charge is 0.340 e. The second-order valence-electron chi connectivity index (χ2n) is 6.86. The summed E-state index contributed by atoms with van der Waals surface area (Å²) in [6.07, 6.45) is 4.03. The number of benzene rings is 1. The van der Waals surface area contributed by atoms with E-state index >= 15 is 0 Å². The fourth-order valence-corrected chi connectivity index (χ4v) is 4.45. The molecule has 2 aromatic heterocycles. The number of nitrogens with zero attached hydrogens (tertiary/aromatic N) is 2. The number of hydrogen-bond donors (Lipinski definition) is 1. The molecule has 2 unspecified atom stereocenters. The summed E-state index contributed by atoms with van der Waals surface area (Å²) in [6, 6.07) is 9.32. The molecule has 1 fully saturated rings. The maximum absolute atomic E-state index is 13.9. The third kappa shape index (κ3) is 2.17. The first kappa shape index (κ1) is 14.4. The van der Waals surface area contributed by atoms with Gasteiger partial charge in [0.2, 0.25) is 0 Å². The summed E-state index contributed by atoms with van der Waals surface area (Å²) >= 11 is 5.90. The van der Waals surface area contributed by atoms with Crippen LogP contribution in [0.25, 0.3) is 10.9 Å². The van der Waals surface area contributed by atoms with Crippen LogP contribution in [-0.2, 0) is 13.0 Å². The fraction of sp³-hybridized carbons (Fsp3) is 0.316. The third-order valence-corrected chi connectivity index (χ3v) is 5.58. The van der Waals surface area contributed by atoms with Crippen LogP contribution in [-0.4, -0.2) is 16.1 Å². The van der Waals surface area contributed by atoms with Crippen LogP contribution >= 0.6 is 11.6 Å². The second kappa shape index (κ2) is 5.30. The van der Waals surface area contributed by atoms with Gasteiger partial charge in [0.1, 0.15) is 11.0 Å². The molecule has 5 rings (SSSR count). The lowest BCUT2D eigenvalue weighted by Gasteiger charge is -2.21. The Kier molecular flexibility index (Phi) is 3.19. The van der Waals surface area contributed by atoms with Crippen molar-refractivity contribution in [3.8, 4) is 0 Å². The monoisotopic (exact) mass is 341 g/mol. The number of nitrogens with one attached hydrogen (secondary N) is 1. The predicted molar refractivity (Wildman–Crippen MR) is 92.8 cm³/mol. The lowest BCUT2D eigenvalue weighted by atomic mass is 9.87. The van der Waals surface area contributed by atoms with Gasteiger partial charge in [-0.15, -0.1) is 0 Å². The molecule has 0 amide bonds. The van der Waals surface area contributed by atoms with E-state index in [2.05, 4.69) is 14.9 Å². The summed E-state index contributed by atoms with van der Waals surface area (Å²) < 4.78 is 16.2. The minimum Gasteiger partial charge on any atom is -0.340 e. The molecular weight excluding hydrogens is 325 g/mol. The number of fused-ring (bicyclic) bond motifs is 6. The number of rotatable bonds is 2. The minimum atomic E-state index is -0.171. The highest BCUT2D eigenvalue weighted by atomic mass is 35.5. The Morgan fingerprint density at radius 1 is 1.29 bits per heavy atom. The molecule has 1 aliphatic heterocycles. The molecule has 3 heterocycles. The van der Waals surface area contributed by atoms with Crippen molar-refractivity contribution in [2.45, 2.75) is 25.4 Å². The molecule has 0 saturated carbocycles. The van der Waals surface area contributed by atoms with Gasteiger partial charge in [0.05, 0.1) is 0 Å². The second-order valence-corrected chi connectivity index (χ2v) is 7.25. The maximum Gasteiger partial charge on any atom is 0.129 e. The molecule has 2 bridgehead atoms. The zero-order valence-corrected chi connectivity index (χ0v) is 13.9. The summed E-state index contributed by atoms with van der Waals surface area (Å²) in [4.78, 5) is 4.19.